The lowest BCUT2D eigenvalue weighted by Crippen LogP contribution is -2.20. The Hall–Kier alpha value is -2.07. The maximum Gasteiger partial charge on any atom is 0.175 e. The summed E-state index contributed by atoms with van der Waals surface area (Å²) in [5, 5.41) is 7.96. The first-order chi connectivity index (χ1) is 12.1. The molecule has 25 heavy (non-hydrogen) atoms. The Labute approximate surface area is 162 Å². The molecule has 0 amide bonds. The van der Waals surface area contributed by atoms with Crippen LogP contribution in [0.2, 0.25) is 10.0 Å². The average molecular weight is 387 g/mol. The minimum Gasteiger partial charge on any atom is -0.332 e. The van der Waals surface area contributed by atoms with E-state index in [9.17, 15) is 0 Å². The van der Waals surface area contributed by atoms with E-state index in [1.807, 2.05) is 36.4 Å². The lowest BCUT2D eigenvalue weighted by Gasteiger charge is -2.15. The number of hydrogen-bond donors (Lipinski definition) is 2. The highest BCUT2D eigenvalue weighted by atomic mass is 35.5. The number of anilines is 2. The van der Waals surface area contributed by atoms with Gasteiger partial charge >= 0.3 is 0 Å². The van der Waals surface area contributed by atoms with Crippen molar-refractivity contribution in [3.05, 3.63) is 94.0 Å². The SMILES string of the molecule is S=C(Nc1cc(Cl)ccc1Cl)Nc1ccccc1Cc1ccccc1. The number of para-hydroxylation sites is 1. The van der Waals surface area contributed by atoms with Crippen LogP contribution in [-0.4, -0.2) is 5.11 Å². The molecule has 0 aliphatic heterocycles. The Morgan fingerprint density at radius 3 is 2.28 bits per heavy atom. The summed E-state index contributed by atoms with van der Waals surface area (Å²) in [4.78, 5) is 0. The molecule has 0 heterocycles. The zero-order valence-electron chi connectivity index (χ0n) is 13.3. The molecule has 0 aromatic heterocycles. The Kier molecular flexibility index (Phi) is 5.92. The summed E-state index contributed by atoms with van der Waals surface area (Å²) in [5.41, 5.74) is 4.04. The fraction of sp³-hybridized carbons (Fsp3) is 0.0500. The standard InChI is InChI=1S/C20H16Cl2N2S/c21-16-10-11-17(22)19(13-16)24-20(25)23-18-9-5-4-8-15(18)12-14-6-2-1-3-7-14/h1-11,13H,12H2,(H2,23,24,25). The molecule has 0 aliphatic rings. The number of rotatable bonds is 4. The van der Waals surface area contributed by atoms with Gasteiger partial charge in [0.2, 0.25) is 0 Å². The van der Waals surface area contributed by atoms with Crippen molar-refractivity contribution >= 4 is 51.9 Å². The van der Waals surface area contributed by atoms with Gasteiger partial charge in [0.05, 0.1) is 10.7 Å². The van der Waals surface area contributed by atoms with E-state index < -0.39 is 0 Å². The van der Waals surface area contributed by atoms with Crippen molar-refractivity contribution in [3.8, 4) is 0 Å². The van der Waals surface area contributed by atoms with Gasteiger partial charge in [-0.15, -0.1) is 0 Å². The van der Waals surface area contributed by atoms with Crippen molar-refractivity contribution in [1.29, 1.82) is 0 Å². The van der Waals surface area contributed by atoms with Gasteiger partial charge in [0, 0.05) is 10.7 Å². The first kappa shape index (κ1) is 17.7. The van der Waals surface area contributed by atoms with E-state index in [1.165, 1.54) is 5.56 Å². The van der Waals surface area contributed by atoms with Gasteiger partial charge in [-0.2, -0.15) is 0 Å². The van der Waals surface area contributed by atoms with Crippen LogP contribution in [0.3, 0.4) is 0 Å². The van der Waals surface area contributed by atoms with Crippen molar-refractivity contribution in [2.24, 2.45) is 0 Å². The van der Waals surface area contributed by atoms with Crippen molar-refractivity contribution in [2.75, 3.05) is 10.6 Å². The average Bonchev–Trinajstić information content (AvgIpc) is 2.61. The van der Waals surface area contributed by atoms with Crippen molar-refractivity contribution < 1.29 is 0 Å². The van der Waals surface area contributed by atoms with E-state index in [2.05, 4.69) is 28.8 Å². The van der Waals surface area contributed by atoms with Gasteiger partial charge in [-0.1, -0.05) is 71.7 Å². The molecule has 0 saturated heterocycles. The molecular weight excluding hydrogens is 371 g/mol. The molecule has 0 aliphatic carbocycles. The Morgan fingerprint density at radius 1 is 0.800 bits per heavy atom. The largest absolute Gasteiger partial charge is 0.332 e. The lowest BCUT2D eigenvalue weighted by atomic mass is 10.0. The van der Waals surface area contributed by atoms with Crippen LogP contribution in [0.25, 0.3) is 0 Å². The monoisotopic (exact) mass is 386 g/mol. The normalized spacial score (nSPS) is 10.3. The second-order valence-corrected chi connectivity index (χ2v) is 6.77. The van der Waals surface area contributed by atoms with E-state index in [0.29, 0.717) is 20.8 Å². The van der Waals surface area contributed by atoms with Crippen LogP contribution in [-0.2, 0) is 6.42 Å². The summed E-state index contributed by atoms with van der Waals surface area (Å²) in [7, 11) is 0. The third-order valence-electron chi connectivity index (χ3n) is 3.68. The van der Waals surface area contributed by atoms with E-state index in [4.69, 9.17) is 35.4 Å². The van der Waals surface area contributed by atoms with Crippen LogP contribution in [0, 0.1) is 0 Å². The molecule has 0 fully saturated rings. The number of halogens is 2. The molecule has 3 aromatic carbocycles. The summed E-state index contributed by atoms with van der Waals surface area (Å²) < 4.78 is 0. The minimum atomic E-state index is 0.463. The van der Waals surface area contributed by atoms with Gasteiger partial charge in [-0.05, 0) is 54.0 Å². The van der Waals surface area contributed by atoms with Gasteiger partial charge in [-0.25, -0.2) is 0 Å². The molecule has 3 aromatic rings. The topological polar surface area (TPSA) is 24.1 Å². The zero-order valence-corrected chi connectivity index (χ0v) is 15.6. The zero-order chi connectivity index (χ0) is 17.6. The van der Waals surface area contributed by atoms with Gasteiger partial charge < -0.3 is 10.6 Å². The van der Waals surface area contributed by atoms with E-state index in [1.54, 1.807) is 18.2 Å². The van der Waals surface area contributed by atoms with Crippen LogP contribution in [0.4, 0.5) is 11.4 Å². The highest BCUT2D eigenvalue weighted by Gasteiger charge is 2.07. The van der Waals surface area contributed by atoms with Gasteiger partial charge in [0.1, 0.15) is 0 Å². The van der Waals surface area contributed by atoms with Gasteiger partial charge in [0.25, 0.3) is 0 Å². The molecule has 0 bridgehead atoms. The van der Waals surface area contributed by atoms with Crippen molar-refractivity contribution in [3.63, 3.8) is 0 Å². The minimum absolute atomic E-state index is 0.463. The summed E-state index contributed by atoms with van der Waals surface area (Å²) in [6.45, 7) is 0. The molecule has 0 atom stereocenters. The third-order valence-corrected chi connectivity index (χ3v) is 4.45. The quantitative estimate of drug-likeness (QED) is 0.507. The smallest absolute Gasteiger partial charge is 0.175 e. The molecule has 0 saturated carbocycles. The first-order valence-electron chi connectivity index (χ1n) is 7.77. The molecule has 0 unspecified atom stereocenters. The fourth-order valence-corrected chi connectivity index (χ4v) is 3.04. The highest BCUT2D eigenvalue weighted by molar-refractivity contribution is 7.80. The summed E-state index contributed by atoms with van der Waals surface area (Å²) in [6.07, 6.45) is 0.824. The summed E-state index contributed by atoms with van der Waals surface area (Å²) >= 11 is 17.6. The van der Waals surface area contributed by atoms with E-state index in [-0.39, 0.29) is 0 Å². The van der Waals surface area contributed by atoms with Crippen LogP contribution < -0.4 is 10.6 Å². The number of thiocarbonyl (C=S) groups is 1. The van der Waals surface area contributed by atoms with Gasteiger partial charge in [0.15, 0.2) is 5.11 Å². The Balaban J connectivity index is 1.74. The molecule has 2 nitrogen and oxygen atoms in total. The first-order valence-corrected chi connectivity index (χ1v) is 8.93. The second kappa shape index (κ2) is 8.34. The Bertz CT molecular complexity index is 882. The molecular formula is C20H16Cl2N2S. The van der Waals surface area contributed by atoms with Crippen LogP contribution in [0.1, 0.15) is 11.1 Å². The molecule has 0 radical (unpaired) electrons. The van der Waals surface area contributed by atoms with E-state index in [0.717, 1.165) is 17.7 Å². The Morgan fingerprint density at radius 2 is 1.48 bits per heavy atom. The number of nitrogens with one attached hydrogen (secondary N) is 2. The predicted octanol–water partition coefficient (Wildman–Crippen LogP) is 6.39. The molecule has 5 heteroatoms. The molecule has 3 rings (SSSR count). The van der Waals surface area contributed by atoms with Crippen molar-refractivity contribution in [1.82, 2.24) is 0 Å². The van der Waals surface area contributed by atoms with Crippen LogP contribution in [0.5, 0.6) is 0 Å². The molecule has 2 N–H and O–H groups in total. The number of hydrogen-bond acceptors (Lipinski definition) is 1. The third kappa shape index (κ3) is 4.95. The summed E-state index contributed by atoms with van der Waals surface area (Å²) in [5.74, 6) is 0. The maximum atomic E-state index is 6.17. The summed E-state index contributed by atoms with van der Waals surface area (Å²) in [6, 6.07) is 23.6. The lowest BCUT2D eigenvalue weighted by molar-refractivity contribution is 1.19. The van der Waals surface area contributed by atoms with Crippen LogP contribution in [0.15, 0.2) is 72.8 Å². The van der Waals surface area contributed by atoms with Crippen LogP contribution >= 0.6 is 35.4 Å². The molecule has 126 valence electrons. The fourth-order valence-electron chi connectivity index (χ4n) is 2.48. The second-order valence-electron chi connectivity index (χ2n) is 5.52. The maximum absolute atomic E-state index is 6.17. The van der Waals surface area contributed by atoms with Crippen molar-refractivity contribution in [2.45, 2.75) is 6.42 Å². The highest BCUT2D eigenvalue weighted by Crippen LogP contribution is 2.26. The van der Waals surface area contributed by atoms with Gasteiger partial charge in [-0.3, -0.25) is 0 Å². The number of benzene rings is 3. The molecule has 0 spiro atoms. The predicted molar refractivity (Wildman–Crippen MR) is 112 cm³/mol. The van der Waals surface area contributed by atoms with E-state index >= 15 is 0 Å².